The van der Waals surface area contributed by atoms with Gasteiger partial charge in [0.25, 0.3) is 5.91 Å². The van der Waals surface area contributed by atoms with Gasteiger partial charge in [-0.1, -0.05) is 42.8 Å². The number of benzene rings is 2. The average molecular weight is 418 g/mol. The lowest BCUT2D eigenvalue weighted by Gasteiger charge is -2.49. The smallest absolute Gasteiger partial charge is 0.251 e. The molecule has 31 heavy (non-hydrogen) atoms. The molecule has 3 heterocycles. The molecule has 5 rings (SSSR count). The molecule has 3 aliphatic heterocycles. The van der Waals surface area contributed by atoms with E-state index in [1.165, 1.54) is 12.0 Å². The molecule has 0 aromatic heterocycles. The minimum absolute atomic E-state index is 0.0122. The van der Waals surface area contributed by atoms with E-state index in [1.54, 1.807) is 0 Å². The Hall–Kier alpha value is -2.66. The first kappa shape index (κ1) is 20.3. The van der Waals surface area contributed by atoms with Gasteiger partial charge in [0.15, 0.2) is 0 Å². The lowest BCUT2D eigenvalue weighted by atomic mass is 9.81. The first-order valence-corrected chi connectivity index (χ1v) is 11.7. The lowest BCUT2D eigenvalue weighted by molar-refractivity contribution is -0.122. The number of piperidine rings is 2. The summed E-state index contributed by atoms with van der Waals surface area (Å²) in [6.07, 6.45) is 7.38. The number of para-hydroxylation sites is 1. The molecular formula is C26H31N3O2. The highest BCUT2D eigenvalue weighted by Crippen LogP contribution is 2.35. The van der Waals surface area contributed by atoms with Crippen molar-refractivity contribution >= 4 is 17.5 Å². The normalized spacial score (nSPS) is 25.5. The second-order valence-corrected chi connectivity index (χ2v) is 9.20. The molecule has 3 aliphatic rings. The molecule has 1 N–H and O–H groups in total. The zero-order valence-corrected chi connectivity index (χ0v) is 18.0. The molecule has 2 aromatic carbocycles. The highest BCUT2D eigenvalue weighted by Gasteiger charge is 2.40. The van der Waals surface area contributed by atoms with E-state index in [4.69, 9.17) is 0 Å². The topological polar surface area (TPSA) is 52.7 Å². The fraction of sp³-hybridized carbons (Fsp3) is 0.462. The van der Waals surface area contributed by atoms with Crippen LogP contribution < -0.4 is 10.2 Å². The minimum atomic E-state index is 0.0122. The van der Waals surface area contributed by atoms with Crippen molar-refractivity contribution in [3.63, 3.8) is 0 Å². The number of anilines is 1. The summed E-state index contributed by atoms with van der Waals surface area (Å²) >= 11 is 0. The van der Waals surface area contributed by atoms with Crippen LogP contribution in [0.3, 0.4) is 0 Å². The second-order valence-electron chi connectivity index (χ2n) is 9.20. The first-order chi connectivity index (χ1) is 15.2. The van der Waals surface area contributed by atoms with E-state index in [1.807, 2.05) is 41.3 Å². The Morgan fingerprint density at radius 3 is 2.39 bits per heavy atom. The van der Waals surface area contributed by atoms with Crippen molar-refractivity contribution in [2.45, 2.75) is 63.1 Å². The third-order valence-electron chi connectivity index (χ3n) is 7.23. The lowest BCUT2D eigenvalue weighted by Crippen LogP contribution is -2.59. The van der Waals surface area contributed by atoms with Gasteiger partial charge in [0, 0.05) is 35.9 Å². The molecule has 2 atom stereocenters. The molecule has 162 valence electrons. The Morgan fingerprint density at radius 1 is 0.903 bits per heavy atom. The van der Waals surface area contributed by atoms with Gasteiger partial charge in [-0.05, 0) is 62.3 Å². The van der Waals surface area contributed by atoms with E-state index in [0.29, 0.717) is 24.2 Å². The monoisotopic (exact) mass is 417 g/mol. The molecule has 5 heteroatoms. The molecule has 2 saturated heterocycles. The first-order valence-electron chi connectivity index (χ1n) is 11.7. The summed E-state index contributed by atoms with van der Waals surface area (Å²) < 4.78 is 0. The maximum absolute atomic E-state index is 13.3. The molecule has 5 nitrogen and oxygen atoms in total. The van der Waals surface area contributed by atoms with Crippen LogP contribution in [-0.2, 0) is 11.2 Å². The molecule has 2 fully saturated rings. The third-order valence-corrected chi connectivity index (χ3v) is 7.23. The number of carbonyl (C=O) groups excluding carboxylic acids is 2. The fourth-order valence-electron chi connectivity index (χ4n) is 5.75. The summed E-state index contributed by atoms with van der Waals surface area (Å²) in [6, 6.07) is 18.7. The molecule has 0 spiro atoms. The maximum Gasteiger partial charge on any atom is 0.251 e. The number of hydrogen-bond donors (Lipinski definition) is 1. The van der Waals surface area contributed by atoms with Gasteiger partial charge in [-0.15, -0.1) is 0 Å². The van der Waals surface area contributed by atoms with Crippen LogP contribution >= 0.6 is 0 Å². The largest absolute Gasteiger partial charge is 0.349 e. The van der Waals surface area contributed by atoms with Crippen LogP contribution in [-0.4, -0.2) is 47.9 Å². The molecule has 2 amide bonds. The van der Waals surface area contributed by atoms with Crippen molar-refractivity contribution in [3.8, 4) is 0 Å². The van der Waals surface area contributed by atoms with E-state index in [2.05, 4.69) is 28.4 Å². The number of aryl methyl sites for hydroxylation is 1. The Kier molecular flexibility index (Phi) is 5.77. The fourth-order valence-corrected chi connectivity index (χ4v) is 5.75. The van der Waals surface area contributed by atoms with E-state index in [-0.39, 0.29) is 17.9 Å². The molecule has 0 unspecified atom stereocenters. The highest BCUT2D eigenvalue weighted by molar-refractivity contribution is 5.96. The summed E-state index contributed by atoms with van der Waals surface area (Å²) in [5.74, 6) is 0.231. The summed E-state index contributed by atoms with van der Waals surface area (Å²) in [5.41, 5.74) is 3.09. The number of fused-ring (bicyclic) bond motifs is 3. The molecule has 0 aliphatic carbocycles. The molecule has 2 bridgehead atoms. The molecule has 0 saturated carbocycles. The van der Waals surface area contributed by atoms with Crippen LogP contribution in [0.2, 0.25) is 0 Å². The van der Waals surface area contributed by atoms with Crippen molar-refractivity contribution in [2.75, 3.05) is 18.0 Å². The summed E-state index contributed by atoms with van der Waals surface area (Å²) in [4.78, 5) is 30.4. The van der Waals surface area contributed by atoms with Gasteiger partial charge in [-0.3, -0.25) is 14.5 Å². The zero-order valence-electron chi connectivity index (χ0n) is 18.0. The van der Waals surface area contributed by atoms with Crippen molar-refractivity contribution in [3.05, 3.63) is 65.7 Å². The van der Waals surface area contributed by atoms with Crippen molar-refractivity contribution in [1.29, 1.82) is 0 Å². The molecular weight excluding hydrogens is 386 g/mol. The van der Waals surface area contributed by atoms with Crippen LogP contribution in [0.4, 0.5) is 5.69 Å². The standard InChI is InChI=1S/C26H31N3O2/c30-25(28-15-7-11-19-8-4-5-14-24(19)28)18-29-22-12-6-13-23(29)17-21(16-22)27-26(31)20-9-2-1-3-10-20/h1-5,8-10,14,21-23H,6-7,11-13,15-18H2,(H,27,31)/t22-,23-/m0/s1. The third kappa shape index (κ3) is 4.24. The van der Waals surface area contributed by atoms with Crippen LogP contribution in [0.5, 0.6) is 0 Å². The molecule has 2 aromatic rings. The Labute approximate surface area is 184 Å². The van der Waals surface area contributed by atoms with Crippen molar-refractivity contribution in [1.82, 2.24) is 10.2 Å². The Balaban J connectivity index is 1.25. The van der Waals surface area contributed by atoms with E-state index in [9.17, 15) is 9.59 Å². The van der Waals surface area contributed by atoms with Gasteiger partial charge in [0.2, 0.25) is 5.91 Å². The van der Waals surface area contributed by atoms with E-state index in [0.717, 1.165) is 50.8 Å². The van der Waals surface area contributed by atoms with Gasteiger partial charge < -0.3 is 10.2 Å². The second kappa shape index (κ2) is 8.83. The highest BCUT2D eigenvalue weighted by atomic mass is 16.2. The quantitative estimate of drug-likeness (QED) is 0.824. The van der Waals surface area contributed by atoms with E-state index >= 15 is 0 Å². The number of carbonyl (C=O) groups is 2. The van der Waals surface area contributed by atoms with Crippen molar-refractivity contribution in [2.24, 2.45) is 0 Å². The average Bonchev–Trinajstić information content (AvgIpc) is 2.79. The summed E-state index contributed by atoms with van der Waals surface area (Å²) in [5, 5.41) is 3.25. The Morgan fingerprint density at radius 2 is 1.61 bits per heavy atom. The van der Waals surface area contributed by atoms with Crippen molar-refractivity contribution < 1.29 is 9.59 Å². The minimum Gasteiger partial charge on any atom is -0.349 e. The van der Waals surface area contributed by atoms with Crippen LogP contribution in [0.1, 0.15) is 54.4 Å². The van der Waals surface area contributed by atoms with E-state index < -0.39 is 0 Å². The maximum atomic E-state index is 13.3. The SMILES string of the molecule is O=C(NC1C[C@@H]2CCC[C@@H](C1)N2CC(=O)N1CCCc2ccccc21)c1ccccc1. The molecule has 0 radical (unpaired) electrons. The predicted octanol–water partition coefficient (Wildman–Crippen LogP) is 3.78. The summed E-state index contributed by atoms with van der Waals surface area (Å²) in [6.45, 7) is 1.30. The predicted molar refractivity (Wildman–Crippen MR) is 122 cm³/mol. The Bertz CT molecular complexity index is 931. The van der Waals surface area contributed by atoms with Gasteiger partial charge in [-0.2, -0.15) is 0 Å². The number of hydrogen-bond acceptors (Lipinski definition) is 3. The number of rotatable bonds is 4. The van der Waals surface area contributed by atoms with Gasteiger partial charge in [0.05, 0.1) is 6.54 Å². The number of nitrogens with zero attached hydrogens (tertiary/aromatic N) is 2. The number of nitrogens with one attached hydrogen (secondary N) is 1. The summed E-state index contributed by atoms with van der Waals surface area (Å²) in [7, 11) is 0. The van der Waals surface area contributed by atoms with Gasteiger partial charge >= 0.3 is 0 Å². The van der Waals surface area contributed by atoms with Crippen LogP contribution in [0.15, 0.2) is 54.6 Å². The zero-order chi connectivity index (χ0) is 21.2. The van der Waals surface area contributed by atoms with Gasteiger partial charge in [0.1, 0.15) is 0 Å². The van der Waals surface area contributed by atoms with Crippen LogP contribution in [0, 0.1) is 0 Å². The van der Waals surface area contributed by atoms with Crippen LogP contribution in [0.25, 0.3) is 0 Å². The van der Waals surface area contributed by atoms with Gasteiger partial charge in [-0.25, -0.2) is 0 Å². The number of amides is 2.